The van der Waals surface area contributed by atoms with Gasteiger partial charge in [-0.2, -0.15) is 5.10 Å². The van der Waals surface area contributed by atoms with E-state index in [9.17, 15) is 0 Å². The zero-order chi connectivity index (χ0) is 15.0. The number of hydrogen-bond acceptors (Lipinski definition) is 4. The summed E-state index contributed by atoms with van der Waals surface area (Å²) in [5.74, 6) is 0.836. The van der Waals surface area contributed by atoms with E-state index in [0.717, 1.165) is 43.8 Å². The van der Waals surface area contributed by atoms with Crippen molar-refractivity contribution in [3.8, 4) is 5.75 Å². The Morgan fingerprint density at radius 3 is 2.50 bits per heavy atom. The lowest BCUT2D eigenvalue weighted by molar-refractivity contribution is 0.0613. The van der Waals surface area contributed by atoms with E-state index in [0.29, 0.717) is 0 Å². The summed E-state index contributed by atoms with van der Waals surface area (Å²) < 4.78 is 13.2. The summed E-state index contributed by atoms with van der Waals surface area (Å²) in [5.41, 5.74) is 1.09. The number of methoxy groups -OCH3 is 2. The summed E-state index contributed by atoms with van der Waals surface area (Å²) in [7, 11) is 3.46. The van der Waals surface area contributed by atoms with Gasteiger partial charge in [0.05, 0.1) is 31.1 Å². The van der Waals surface area contributed by atoms with Crippen molar-refractivity contribution < 1.29 is 9.47 Å². The molecule has 5 heteroatoms. The largest absolute Gasteiger partial charge is 0.493 e. The molecule has 2 unspecified atom stereocenters. The minimum atomic E-state index is 0.106. The molecule has 116 valence electrons. The highest BCUT2D eigenvalue weighted by atomic mass is 16.5. The molecule has 0 radical (unpaired) electrons. The first-order valence-corrected chi connectivity index (χ1v) is 7.59. The zero-order valence-corrected chi connectivity index (χ0v) is 13.5. The SMILES string of the molecule is CCCNC(c1c(OC)cnn1CCC)C(CC)OC. The van der Waals surface area contributed by atoms with Gasteiger partial charge in [-0.25, -0.2) is 0 Å². The Bertz CT molecular complexity index is 375. The lowest BCUT2D eigenvalue weighted by Crippen LogP contribution is -2.35. The van der Waals surface area contributed by atoms with Gasteiger partial charge >= 0.3 is 0 Å². The van der Waals surface area contributed by atoms with E-state index in [4.69, 9.17) is 9.47 Å². The van der Waals surface area contributed by atoms with Gasteiger partial charge in [-0.15, -0.1) is 0 Å². The first-order valence-electron chi connectivity index (χ1n) is 7.59. The highest BCUT2D eigenvalue weighted by molar-refractivity contribution is 5.29. The van der Waals surface area contributed by atoms with E-state index in [1.54, 1.807) is 20.4 Å². The van der Waals surface area contributed by atoms with Gasteiger partial charge in [0.25, 0.3) is 0 Å². The van der Waals surface area contributed by atoms with Crippen LogP contribution in [-0.4, -0.2) is 36.6 Å². The molecule has 1 N–H and O–H groups in total. The van der Waals surface area contributed by atoms with Gasteiger partial charge in [0.1, 0.15) is 0 Å². The molecule has 5 nitrogen and oxygen atoms in total. The van der Waals surface area contributed by atoms with Crippen molar-refractivity contribution in [2.45, 2.75) is 58.7 Å². The van der Waals surface area contributed by atoms with Crippen LogP contribution in [0.1, 0.15) is 51.8 Å². The fourth-order valence-corrected chi connectivity index (χ4v) is 2.48. The molecule has 0 aliphatic heterocycles. The molecule has 0 amide bonds. The maximum Gasteiger partial charge on any atom is 0.161 e. The van der Waals surface area contributed by atoms with Gasteiger partial charge in [-0.1, -0.05) is 20.8 Å². The third kappa shape index (κ3) is 3.96. The van der Waals surface area contributed by atoms with Gasteiger partial charge < -0.3 is 14.8 Å². The van der Waals surface area contributed by atoms with Gasteiger partial charge in [0.2, 0.25) is 0 Å². The molecule has 0 fully saturated rings. The Balaban J connectivity index is 3.12. The molecule has 1 aromatic rings. The number of ether oxygens (including phenoxy) is 2. The summed E-state index contributed by atoms with van der Waals surface area (Å²) in [4.78, 5) is 0. The van der Waals surface area contributed by atoms with Crippen LogP contribution in [-0.2, 0) is 11.3 Å². The van der Waals surface area contributed by atoms with Crippen LogP contribution in [0.2, 0.25) is 0 Å². The molecule has 0 saturated carbocycles. The van der Waals surface area contributed by atoms with Gasteiger partial charge in [0.15, 0.2) is 5.75 Å². The molecule has 20 heavy (non-hydrogen) atoms. The van der Waals surface area contributed by atoms with Crippen LogP contribution in [0.5, 0.6) is 5.75 Å². The molecule has 1 aromatic heterocycles. The predicted molar refractivity (Wildman–Crippen MR) is 81.2 cm³/mol. The predicted octanol–water partition coefficient (Wildman–Crippen LogP) is 2.77. The second-order valence-electron chi connectivity index (χ2n) is 4.94. The summed E-state index contributed by atoms with van der Waals surface area (Å²) in [5, 5.41) is 8.03. The fraction of sp³-hybridized carbons (Fsp3) is 0.800. The van der Waals surface area contributed by atoms with Gasteiger partial charge in [-0.3, -0.25) is 4.68 Å². The average Bonchev–Trinajstić information content (AvgIpc) is 2.86. The van der Waals surface area contributed by atoms with Crippen LogP contribution in [0.15, 0.2) is 6.20 Å². The number of nitrogens with one attached hydrogen (secondary N) is 1. The monoisotopic (exact) mass is 283 g/mol. The van der Waals surface area contributed by atoms with Crippen molar-refractivity contribution in [1.82, 2.24) is 15.1 Å². The summed E-state index contributed by atoms with van der Waals surface area (Å²) in [6.07, 6.45) is 4.98. The maximum absolute atomic E-state index is 5.66. The molecule has 0 bridgehead atoms. The number of aromatic nitrogens is 2. The molecule has 0 saturated heterocycles. The number of nitrogens with zero attached hydrogens (tertiary/aromatic N) is 2. The minimum absolute atomic E-state index is 0.106. The number of hydrogen-bond donors (Lipinski definition) is 1. The summed E-state index contributed by atoms with van der Waals surface area (Å²) >= 11 is 0. The van der Waals surface area contributed by atoms with Crippen LogP contribution in [0.25, 0.3) is 0 Å². The topological polar surface area (TPSA) is 48.3 Å². The van der Waals surface area contributed by atoms with Crippen molar-refractivity contribution >= 4 is 0 Å². The molecular formula is C15H29N3O2. The van der Waals surface area contributed by atoms with Crippen molar-refractivity contribution in [3.05, 3.63) is 11.9 Å². The Morgan fingerprint density at radius 2 is 2.00 bits per heavy atom. The molecule has 2 atom stereocenters. The Labute approximate surface area is 122 Å². The third-order valence-electron chi connectivity index (χ3n) is 3.49. The highest BCUT2D eigenvalue weighted by Gasteiger charge is 2.28. The number of aryl methyl sites for hydroxylation is 1. The number of rotatable bonds is 10. The Hall–Kier alpha value is -1.07. The Morgan fingerprint density at radius 1 is 1.25 bits per heavy atom. The smallest absolute Gasteiger partial charge is 0.161 e. The van der Waals surface area contributed by atoms with Gasteiger partial charge in [0, 0.05) is 13.7 Å². The van der Waals surface area contributed by atoms with E-state index in [2.05, 4.69) is 31.2 Å². The fourth-order valence-electron chi connectivity index (χ4n) is 2.48. The van der Waals surface area contributed by atoms with Crippen LogP contribution in [0, 0.1) is 0 Å². The summed E-state index contributed by atoms with van der Waals surface area (Å²) in [6.45, 7) is 8.30. The average molecular weight is 283 g/mol. The molecule has 1 heterocycles. The van der Waals surface area contributed by atoms with E-state index >= 15 is 0 Å². The van der Waals surface area contributed by atoms with Crippen molar-refractivity contribution in [1.29, 1.82) is 0 Å². The second kappa shape index (κ2) is 8.97. The molecule has 0 aliphatic rings. The van der Waals surface area contributed by atoms with Gasteiger partial charge in [-0.05, 0) is 25.8 Å². The first kappa shape index (κ1) is 17.0. The van der Waals surface area contributed by atoms with E-state index in [1.807, 2.05) is 4.68 Å². The summed E-state index contributed by atoms with van der Waals surface area (Å²) in [6, 6.07) is 0.106. The highest BCUT2D eigenvalue weighted by Crippen LogP contribution is 2.29. The first-order chi connectivity index (χ1) is 9.73. The molecule has 0 aliphatic carbocycles. The molecule has 1 rings (SSSR count). The van der Waals surface area contributed by atoms with Crippen LogP contribution in [0.3, 0.4) is 0 Å². The van der Waals surface area contributed by atoms with Crippen molar-refractivity contribution in [2.75, 3.05) is 20.8 Å². The van der Waals surface area contributed by atoms with Crippen LogP contribution < -0.4 is 10.1 Å². The third-order valence-corrected chi connectivity index (χ3v) is 3.49. The second-order valence-corrected chi connectivity index (χ2v) is 4.94. The van der Waals surface area contributed by atoms with E-state index in [1.165, 1.54) is 0 Å². The standard InChI is InChI=1S/C15H29N3O2/c1-6-9-16-14(12(8-3)19-4)15-13(20-5)11-17-18(15)10-7-2/h11-12,14,16H,6-10H2,1-5H3. The quantitative estimate of drug-likeness (QED) is 0.717. The lowest BCUT2D eigenvalue weighted by Gasteiger charge is -2.27. The van der Waals surface area contributed by atoms with E-state index < -0.39 is 0 Å². The van der Waals surface area contributed by atoms with Crippen molar-refractivity contribution in [2.24, 2.45) is 0 Å². The molecular weight excluding hydrogens is 254 g/mol. The maximum atomic E-state index is 5.66. The van der Waals surface area contributed by atoms with Crippen LogP contribution >= 0.6 is 0 Å². The van der Waals surface area contributed by atoms with E-state index in [-0.39, 0.29) is 12.1 Å². The molecule has 0 aromatic carbocycles. The normalized spacial score (nSPS) is 14.2. The lowest BCUT2D eigenvalue weighted by atomic mass is 10.0. The minimum Gasteiger partial charge on any atom is -0.493 e. The molecule has 0 spiro atoms. The Kier molecular flexibility index (Phi) is 7.62. The zero-order valence-electron chi connectivity index (χ0n) is 13.5. The van der Waals surface area contributed by atoms with Crippen LogP contribution in [0.4, 0.5) is 0 Å². The van der Waals surface area contributed by atoms with Crippen molar-refractivity contribution in [3.63, 3.8) is 0 Å².